The number of para-hydroxylation sites is 1. The van der Waals surface area contributed by atoms with Crippen LogP contribution in [0.25, 0.3) is 16.3 Å². The summed E-state index contributed by atoms with van der Waals surface area (Å²) in [5, 5.41) is 22.3. The van der Waals surface area contributed by atoms with Crippen molar-refractivity contribution in [3.8, 4) is 10.9 Å². The smallest absolute Gasteiger partial charge is 0.411 e. The first kappa shape index (κ1) is 21.8. The molecule has 0 aliphatic rings. The van der Waals surface area contributed by atoms with Gasteiger partial charge in [-0.15, -0.1) is 0 Å². The van der Waals surface area contributed by atoms with E-state index >= 15 is 0 Å². The molecule has 3 aromatic rings. The van der Waals surface area contributed by atoms with Gasteiger partial charge in [-0.1, -0.05) is 35.6 Å². The predicted molar refractivity (Wildman–Crippen MR) is 117 cm³/mol. The third kappa shape index (κ3) is 6.03. The van der Waals surface area contributed by atoms with Crippen molar-refractivity contribution in [3.63, 3.8) is 0 Å². The van der Waals surface area contributed by atoms with Crippen LogP contribution in [0.3, 0.4) is 0 Å². The van der Waals surface area contributed by atoms with Gasteiger partial charge in [0.25, 0.3) is 5.19 Å². The van der Waals surface area contributed by atoms with E-state index < -0.39 is 24.4 Å². The average molecular weight is 429 g/mol. The number of amides is 1. The standard InChI is InChI=1S/C22H24N2O5S/c1-22(2,3)29-20(27)23-17(18(26)13-25)12-14-8-10-15(11-9-14)28-21-24-16-6-4-5-7-19(16)30-21/h4-12,18,25-26H,13H2,1-3H3,(H,23,27)/b17-12+. The van der Waals surface area contributed by atoms with Crippen LogP contribution in [0.2, 0.25) is 0 Å². The van der Waals surface area contributed by atoms with E-state index in [1.54, 1.807) is 51.1 Å². The molecule has 3 rings (SSSR count). The number of aromatic nitrogens is 1. The van der Waals surface area contributed by atoms with Crippen molar-refractivity contribution < 1.29 is 24.5 Å². The number of carbonyl (C=O) groups excluding carboxylic acids is 1. The number of rotatable bonds is 6. The number of nitrogens with one attached hydrogen (secondary N) is 1. The summed E-state index contributed by atoms with van der Waals surface area (Å²) in [4.78, 5) is 16.5. The van der Waals surface area contributed by atoms with Crippen molar-refractivity contribution in [3.05, 3.63) is 59.8 Å². The van der Waals surface area contributed by atoms with Gasteiger partial charge in [0.1, 0.15) is 17.5 Å². The minimum atomic E-state index is -1.25. The lowest BCUT2D eigenvalue weighted by atomic mass is 10.1. The van der Waals surface area contributed by atoms with Gasteiger partial charge < -0.3 is 19.7 Å². The zero-order valence-corrected chi connectivity index (χ0v) is 17.8. The van der Waals surface area contributed by atoms with Crippen LogP contribution in [0.5, 0.6) is 10.9 Å². The number of aliphatic hydroxyl groups excluding tert-OH is 2. The second-order valence-corrected chi connectivity index (χ2v) is 8.54. The Kier molecular flexibility index (Phi) is 6.71. The average Bonchev–Trinajstić information content (AvgIpc) is 3.09. The van der Waals surface area contributed by atoms with Gasteiger partial charge in [-0.25, -0.2) is 9.78 Å². The molecule has 2 aromatic carbocycles. The van der Waals surface area contributed by atoms with E-state index in [-0.39, 0.29) is 5.70 Å². The summed E-state index contributed by atoms with van der Waals surface area (Å²) < 4.78 is 12.1. The van der Waals surface area contributed by atoms with Gasteiger partial charge in [-0.3, -0.25) is 5.32 Å². The van der Waals surface area contributed by atoms with E-state index in [1.165, 1.54) is 11.3 Å². The number of ether oxygens (including phenoxy) is 2. The number of carbonyl (C=O) groups is 1. The van der Waals surface area contributed by atoms with E-state index in [0.29, 0.717) is 16.5 Å². The van der Waals surface area contributed by atoms with E-state index in [9.17, 15) is 15.0 Å². The van der Waals surface area contributed by atoms with Crippen molar-refractivity contribution in [2.75, 3.05) is 6.61 Å². The van der Waals surface area contributed by atoms with Crippen LogP contribution >= 0.6 is 11.3 Å². The van der Waals surface area contributed by atoms with Crippen LogP contribution in [0.15, 0.2) is 54.2 Å². The molecule has 1 aromatic heterocycles. The SMILES string of the molecule is CC(C)(C)OC(=O)N/C(=C/c1ccc(Oc2nc3ccccc3s2)cc1)C(O)CO. The Bertz CT molecular complexity index is 1000. The Morgan fingerprint density at radius 1 is 1.20 bits per heavy atom. The first-order chi connectivity index (χ1) is 14.2. The maximum Gasteiger partial charge on any atom is 0.411 e. The highest BCUT2D eigenvalue weighted by Gasteiger charge is 2.19. The molecule has 7 nitrogen and oxygen atoms in total. The number of fused-ring (bicyclic) bond motifs is 1. The molecule has 0 saturated heterocycles. The number of benzene rings is 2. The molecule has 3 N–H and O–H groups in total. The highest BCUT2D eigenvalue weighted by Crippen LogP contribution is 2.31. The Labute approximate surface area is 178 Å². The lowest BCUT2D eigenvalue weighted by molar-refractivity contribution is 0.0511. The zero-order valence-electron chi connectivity index (χ0n) is 17.0. The molecular weight excluding hydrogens is 404 g/mol. The molecule has 0 radical (unpaired) electrons. The third-order valence-corrected chi connectivity index (χ3v) is 4.77. The van der Waals surface area contributed by atoms with Crippen LogP contribution in [0.1, 0.15) is 26.3 Å². The summed E-state index contributed by atoms with van der Waals surface area (Å²) in [6.07, 6.45) is -0.403. The van der Waals surface area contributed by atoms with Gasteiger partial charge in [0.2, 0.25) is 0 Å². The Morgan fingerprint density at radius 2 is 1.90 bits per heavy atom. The second kappa shape index (κ2) is 9.25. The summed E-state index contributed by atoms with van der Waals surface area (Å²) in [5.41, 5.74) is 1.03. The minimum absolute atomic E-state index is 0.131. The molecule has 0 spiro atoms. The van der Waals surface area contributed by atoms with Crippen LogP contribution in [0, 0.1) is 0 Å². The predicted octanol–water partition coefficient (Wildman–Crippen LogP) is 4.31. The fourth-order valence-corrected chi connectivity index (χ4v) is 3.38. The number of nitrogens with zero attached hydrogens (tertiary/aromatic N) is 1. The van der Waals surface area contributed by atoms with Gasteiger partial charge >= 0.3 is 6.09 Å². The number of alkyl carbamates (subject to hydrolysis) is 1. The molecule has 30 heavy (non-hydrogen) atoms. The Morgan fingerprint density at radius 3 is 2.53 bits per heavy atom. The summed E-state index contributed by atoms with van der Waals surface area (Å²) >= 11 is 1.46. The Hall–Kier alpha value is -2.94. The monoisotopic (exact) mass is 428 g/mol. The fraction of sp³-hybridized carbons (Fsp3) is 0.273. The topological polar surface area (TPSA) is 101 Å². The fourth-order valence-electron chi connectivity index (χ4n) is 2.54. The van der Waals surface area contributed by atoms with Crippen LogP contribution in [0.4, 0.5) is 4.79 Å². The van der Waals surface area contributed by atoms with Gasteiger partial charge in [-0.05, 0) is 56.7 Å². The number of hydrogen-bond donors (Lipinski definition) is 3. The molecule has 1 unspecified atom stereocenters. The maximum absolute atomic E-state index is 12.0. The maximum atomic E-state index is 12.0. The van der Waals surface area contributed by atoms with Gasteiger partial charge in [-0.2, -0.15) is 0 Å². The van der Waals surface area contributed by atoms with E-state index in [4.69, 9.17) is 9.47 Å². The van der Waals surface area contributed by atoms with Crippen molar-refractivity contribution in [1.82, 2.24) is 10.3 Å². The lowest BCUT2D eigenvalue weighted by Gasteiger charge is -2.21. The number of hydrogen-bond acceptors (Lipinski definition) is 7. The summed E-state index contributed by atoms with van der Waals surface area (Å²) in [7, 11) is 0. The molecule has 158 valence electrons. The van der Waals surface area contributed by atoms with Gasteiger partial charge in [0, 0.05) is 0 Å². The van der Waals surface area contributed by atoms with Gasteiger partial charge in [0.05, 0.1) is 22.5 Å². The highest BCUT2D eigenvalue weighted by molar-refractivity contribution is 7.20. The van der Waals surface area contributed by atoms with E-state index in [2.05, 4.69) is 10.3 Å². The molecule has 1 atom stereocenters. The minimum Gasteiger partial charge on any atom is -0.444 e. The van der Waals surface area contributed by atoms with Crippen LogP contribution in [-0.2, 0) is 4.74 Å². The number of aliphatic hydroxyl groups is 2. The van der Waals surface area contributed by atoms with Crippen LogP contribution < -0.4 is 10.1 Å². The molecule has 0 bridgehead atoms. The van der Waals surface area contributed by atoms with Crippen molar-refractivity contribution in [2.45, 2.75) is 32.5 Å². The zero-order chi connectivity index (χ0) is 21.7. The lowest BCUT2D eigenvalue weighted by Crippen LogP contribution is -2.36. The molecule has 0 aliphatic heterocycles. The van der Waals surface area contributed by atoms with E-state index in [1.807, 2.05) is 24.3 Å². The first-order valence-electron chi connectivity index (χ1n) is 9.37. The molecule has 1 amide bonds. The molecular formula is C22H24N2O5S. The molecule has 0 aliphatic carbocycles. The largest absolute Gasteiger partial charge is 0.444 e. The van der Waals surface area contributed by atoms with Crippen molar-refractivity contribution in [2.24, 2.45) is 0 Å². The molecule has 8 heteroatoms. The molecule has 0 saturated carbocycles. The van der Waals surface area contributed by atoms with Crippen molar-refractivity contribution in [1.29, 1.82) is 0 Å². The Balaban J connectivity index is 1.73. The van der Waals surface area contributed by atoms with Crippen LogP contribution in [-0.4, -0.2) is 39.6 Å². The first-order valence-corrected chi connectivity index (χ1v) is 10.2. The highest BCUT2D eigenvalue weighted by atomic mass is 32.1. The van der Waals surface area contributed by atoms with Crippen molar-refractivity contribution >= 4 is 33.7 Å². The van der Waals surface area contributed by atoms with Gasteiger partial charge in [0.15, 0.2) is 0 Å². The third-order valence-electron chi connectivity index (χ3n) is 3.86. The quantitative estimate of drug-likeness (QED) is 0.541. The number of thiazole rings is 1. The summed E-state index contributed by atoms with van der Waals surface area (Å²) in [6, 6.07) is 14.8. The second-order valence-electron chi connectivity index (χ2n) is 7.54. The summed E-state index contributed by atoms with van der Waals surface area (Å²) in [5.74, 6) is 0.607. The molecule has 1 heterocycles. The molecule has 0 fully saturated rings. The summed E-state index contributed by atoms with van der Waals surface area (Å²) in [6.45, 7) is 4.67. The van der Waals surface area contributed by atoms with E-state index in [0.717, 1.165) is 10.2 Å². The normalized spacial score (nSPS) is 13.2.